The average Bonchev–Trinajstić information content (AvgIpc) is 2.59. The standard InChI is InChI=1S/C12H13FN2O2/c1-7(2)9-3-8-5-14-15(6-12(16)17)11(8)4-10(9)13/h3-5,7H,6H2,1-2H3,(H,16,17). The lowest BCUT2D eigenvalue weighted by atomic mass is 10.0. The van der Waals surface area contributed by atoms with Crippen LogP contribution in [0.4, 0.5) is 4.39 Å². The molecule has 17 heavy (non-hydrogen) atoms. The van der Waals surface area contributed by atoms with E-state index in [-0.39, 0.29) is 18.3 Å². The molecule has 1 N–H and O–H groups in total. The molecule has 0 radical (unpaired) electrons. The van der Waals surface area contributed by atoms with Gasteiger partial charge in [0.2, 0.25) is 0 Å². The molecule has 2 rings (SSSR count). The molecule has 0 saturated heterocycles. The van der Waals surface area contributed by atoms with E-state index in [1.54, 1.807) is 12.3 Å². The van der Waals surface area contributed by atoms with Gasteiger partial charge in [0.15, 0.2) is 0 Å². The predicted molar refractivity (Wildman–Crippen MR) is 61.4 cm³/mol. The quantitative estimate of drug-likeness (QED) is 0.890. The summed E-state index contributed by atoms with van der Waals surface area (Å²) in [5.74, 6) is -1.23. The maximum absolute atomic E-state index is 13.8. The molecule has 0 saturated carbocycles. The lowest BCUT2D eigenvalue weighted by Gasteiger charge is -2.07. The highest BCUT2D eigenvalue weighted by atomic mass is 19.1. The Bertz CT molecular complexity index is 575. The van der Waals surface area contributed by atoms with E-state index < -0.39 is 5.97 Å². The summed E-state index contributed by atoms with van der Waals surface area (Å²) in [6, 6.07) is 3.07. The summed E-state index contributed by atoms with van der Waals surface area (Å²) in [4.78, 5) is 10.6. The van der Waals surface area contributed by atoms with Crippen LogP contribution in [0.25, 0.3) is 10.9 Å². The smallest absolute Gasteiger partial charge is 0.325 e. The van der Waals surface area contributed by atoms with Crippen molar-refractivity contribution in [2.75, 3.05) is 0 Å². The summed E-state index contributed by atoms with van der Waals surface area (Å²) in [5, 5.41) is 13.4. The first-order chi connectivity index (χ1) is 7.99. The Balaban J connectivity index is 2.56. The Morgan fingerprint density at radius 3 is 2.82 bits per heavy atom. The monoisotopic (exact) mass is 236 g/mol. The number of nitrogens with zero attached hydrogens (tertiary/aromatic N) is 2. The van der Waals surface area contributed by atoms with Gasteiger partial charge in [-0.25, -0.2) is 4.39 Å². The minimum absolute atomic E-state index is 0.0854. The van der Waals surface area contributed by atoms with E-state index in [9.17, 15) is 9.18 Å². The van der Waals surface area contributed by atoms with Gasteiger partial charge < -0.3 is 5.11 Å². The van der Waals surface area contributed by atoms with E-state index in [0.717, 1.165) is 5.39 Å². The van der Waals surface area contributed by atoms with Crippen molar-refractivity contribution >= 4 is 16.9 Å². The number of fused-ring (bicyclic) bond motifs is 1. The van der Waals surface area contributed by atoms with Gasteiger partial charge in [-0.3, -0.25) is 9.48 Å². The molecule has 0 aliphatic carbocycles. The summed E-state index contributed by atoms with van der Waals surface area (Å²) in [5.41, 5.74) is 1.13. The first-order valence-electron chi connectivity index (χ1n) is 5.36. The molecular formula is C12H13FN2O2. The number of rotatable bonds is 3. The summed E-state index contributed by atoms with van der Waals surface area (Å²) < 4.78 is 15.1. The third kappa shape index (κ3) is 2.13. The molecule has 0 spiro atoms. The molecule has 0 unspecified atom stereocenters. The fraction of sp³-hybridized carbons (Fsp3) is 0.333. The van der Waals surface area contributed by atoms with Gasteiger partial charge in [-0.1, -0.05) is 13.8 Å². The number of hydrogen-bond acceptors (Lipinski definition) is 2. The molecule has 1 aromatic carbocycles. The minimum Gasteiger partial charge on any atom is -0.480 e. The SMILES string of the molecule is CC(C)c1cc2cnn(CC(=O)O)c2cc1F. The van der Waals surface area contributed by atoms with E-state index in [0.29, 0.717) is 11.1 Å². The van der Waals surface area contributed by atoms with Crippen LogP contribution in [-0.4, -0.2) is 20.9 Å². The van der Waals surface area contributed by atoms with E-state index in [2.05, 4.69) is 5.10 Å². The molecule has 0 aliphatic rings. The average molecular weight is 236 g/mol. The van der Waals surface area contributed by atoms with Crippen molar-refractivity contribution in [1.29, 1.82) is 0 Å². The highest BCUT2D eigenvalue weighted by molar-refractivity contribution is 5.81. The molecule has 1 heterocycles. The lowest BCUT2D eigenvalue weighted by Crippen LogP contribution is -2.09. The van der Waals surface area contributed by atoms with Crippen LogP contribution in [0.5, 0.6) is 0 Å². The summed E-state index contributed by atoms with van der Waals surface area (Å²) in [7, 11) is 0. The zero-order valence-corrected chi connectivity index (χ0v) is 9.64. The first-order valence-corrected chi connectivity index (χ1v) is 5.36. The molecule has 90 valence electrons. The number of hydrogen-bond donors (Lipinski definition) is 1. The number of carboxylic acids is 1. The van der Waals surface area contributed by atoms with Gasteiger partial charge in [0, 0.05) is 11.5 Å². The van der Waals surface area contributed by atoms with Crippen LogP contribution in [0.1, 0.15) is 25.3 Å². The Morgan fingerprint density at radius 2 is 2.24 bits per heavy atom. The molecule has 0 amide bonds. The van der Waals surface area contributed by atoms with Crippen molar-refractivity contribution in [2.45, 2.75) is 26.3 Å². The number of carboxylic acid groups (broad SMARTS) is 1. The van der Waals surface area contributed by atoms with E-state index in [1.807, 2.05) is 13.8 Å². The molecule has 1 aromatic heterocycles. The molecule has 0 bridgehead atoms. The van der Waals surface area contributed by atoms with Crippen molar-refractivity contribution in [2.24, 2.45) is 0 Å². The highest BCUT2D eigenvalue weighted by Gasteiger charge is 2.12. The number of aromatic nitrogens is 2. The molecule has 4 nitrogen and oxygen atoms in total. The maximum atomic E-state index is 13.8. The molecule has 2 aromatic rings. The van der Waals surface area contributed by atoms with Crippen LogP contribution in [0.2, 0.25) is 0 Å². The number of carbonyl (C=O) groups is 1. The van der Waals surface area contributed by atoms with Crippen molar-refractivity contribution in [3.05, 3.63) is 29.7 Å². The third-order valence-electron chi connectivity index (χ3n) is 2.67. The Kier molecular flexibility index (Phi) is 2.83. The molecule has 0 atom stereocenters. The lowest BCUT2D eigenvalue weighted by molar-refractivity contribution is -0.137. The van der Waals surface area contributed by atoms with Gasteiger partial charge in [-0.05, 0) is 17.5 Å². The van der Waals surface area contributed by atoms with Crippen molar-refractivity contribution in [1.82, 2.24) is 9.78 Å². The molecule has 0 fully saturated rings. The van der Waals surface area contributed by atoms with Crippen LogP contribution < -0.4 is 0 Å². The summed E-state index contributed by atoms with van der Waals surface area (Å²) in [6.07, 6.45) is 1.56. The fourth-order valence-corrected chi connectivity index (χ4v) is 1.81. The van der Waals surface area contributed by atoms with Gasteiger partial charge >= 0.3 is 5.97 Å². The topological polar surface area (TPSA) is 55.1 Å². The van der Waals surface area contributed by atoms with E-state index in [1.165, 1.54) is 10.7 Å². The predicted octanol–water partition coefficient (Wildman–Crippen LogP) is 2.38. The minimum atomic E-state index is -0.997. The maximum Gasteiger partial charge on any atom is 0.325 e. The van der Waals surface area contributed by atoms with Crippen LogP contribution in [0, 0.1) is 5.82 Å². The summed E-state index contributed by atoms with van der Waals surface area (Å²) >= 11 is 0. The van der Waals surface area contributed by atoms with Gasteiger partial charge in [0.25, 0.3) is 0 Å². The normalized spacial score (nSPS) is 11.3. The Hall–Kier alpha value is -1.91. The van der Waals surface area contributed by atoms with Crippen LogP contribution >= 0.6 is 0 Å². The fourth-order valence-electron chi connectivity index (χ4n) is 1.81. The van der Waals surface area contributed by atoms with E-state index in [4.69, 9.17) is 5.11 Å². The van der Waals surface area contributed by atoms with Crippen LogP contribution in [-0.2, 0) is 11.3 Å². The zero-order chi connectivity index (χ0) is 12.6. The second-order valence-electron chi connectivity index (χ2n) is 4.28. The Labute approximate surface area is 97.7 Å². The number of aliphatic carboxylic acids is 1. The summed E-state index contributed by atoms with van der Waals surface area (Å²) in [6.45, 7) is 3.56. The largest absolute Gasteiger partial charge is 0.480 e. The molecular weight excluding hydrogens is 223 g/mol. The van der Waals surface area contributed by atoms with Gasteiger partial charge in [-0.2, -0.15) is 5.10 Å². The molecule has 0 aliphatic heterocycles. The Morgan fingerprint density at radius 1 is 1.53 bits per heavy atom. The number of benzene rings is 1. The van der Waals surface area contributed by atoms with Crippen molar-refractivity contribution < 1.29 is 14.3 Å². The zero-order valence-electron chi connectivity index (χ0n) is 9.64. The van der Waals surface area contributed by atoms with Gasteiger partial charge in [-0.15, -0.1) is 0 Å². The highest BCUT2D eigenvalue weighted by Crippen LogP contribution is 2.24. The van der Waals surface area contributed by atoms with Crippen molar-refractivity contribution in [3.63, 3.8) is 0 Å². The first kappa shape index (κ1) is 11.6. The second kappa shape index (κ2) is 4.16. The number of halogens is 1. The van der Waals surface area contributed by atoms with Gasteiger partial charge in [0.05, 0.1) is 11.7 Å². The molecule has 5 heteroatoms. The van der Waals surface area contributed by atoms with Gasteiger partial charge in [0.1, 0.15) is 12.4 Å². The van der Waals surface area contributed by atoms with E-state index >= 15 is 0 Å². The third-order valence-corrected chi connectivity index (χ3v) is 2.67. The van der Waals surface area contributed by atoms with Crippen LogP contribution in [0.3, 0.4) is 0 Å². The second-order valence-corrected chi connectivity index (χ2v) is 4.28. The van der Waals surface area contributed by atoms with Crippen LogP contribution in [0.15, 0.2) is 18.3 Å². The van der Waals surface area contributed by atoms with Crippen molar-refractivity contribution in [3.8, 4) is 0 Å².